The Balaban J connectivity index is 1.74. The van der Waals surface area contributed by atoms with Crippen molar-refractivity contribution in [2.75, 3.05) is 36.8 Å². The van der Waals surface area contributed by atoms with E-state index in [0.717, 1.165) is 25.2 Å². The molecule has 2 aliphatic heterocycles. The van der Waals surface area contributed by atoms with Crippen LogP contribution in [0.15, 0.2) is 18.2 Å². The molecule has 2 heterocycles. The van der Waals surface area contributed by atoms with Crippen molar-refractivity contribution < 1.29 is 9.90 Å². The molecule has 0 amide bonds. The predicted molar refractivity (Wildman–Crippen MR) is 79.2 cm³/mol. The van der Waals surface area contributed by atoms with Crippen molar-refractivity contribution in [1.29, 1.82) is 0 Å². The third-order valence-corrected chi connectivity index (χ3v) is 4.45. The van der Waals surface area contributed by atoms with Gasteiger partial charge in [-0.05, 0) is 50.6 Å². The van der Waals surface area contributed by atoms with Crippen LogP contribution in [-0.2, 0) is 0 Å². The molecule has 1 unspecified atom stereocenters. The van der Waals surface area contributed by atoms with Crippen LogP contribution in [0.2, 0.25) is 0 Å². The van der Waals surface area contributed by atoms with Crippen molar-refractivity contribution in [2.45, 2.75) is 25.3 Å². The fourth-order valence-corrected chi connectivity index (χ4v) is 3.31. The molecule has 0 saturated carbocycles. The van der Waals surface area contributed by atoms with E-state index in [1.54, 1.807) is 12.1 Å². The van der Waals surface area contributed by atoms with Crippen molar-refractivity contribution in [2.24, 2.45) is 0 Å². The van der Waals surface area contributed by atoms with Gasteiger partial charge in [-0.3, -0.25) is 4.90 Å². The Morgan fingerprint density at radius 3 is 2.70 bits per heavy atom. The molecule has 0 aliphatic carbocycles. The van der Waals surface area contributed by atoms with E-state index in [9.17, 15) is 4.79 Å². The number of nitrogen functional groups attached to an aromatic ring is 1. The first kappa shape index (κ1) is 13.2. The summed E-state index contributed by atoms with van der Waals surface area (Å²) >= 11 is 0. The molecule has 0 bridgehead atoms. The van der Waals surface area contributed by atoms with E-state index in [1.807, 2.05) is 6.07 Å². The van der Waals surface area contributed by atoms with Crippen LogP contribution >= 0.6 is 0 Å². The lowest BCUT2D eigenvalue weighted by Crippen LogP contribution is -2.35. The highest BCUT2D eigenvalue weighted by molar-refractivity contribution is 5.94. The number of carboxylic acid groups (broad SMARTS) is 1. The number of nitrogens with two attached hydrogens (primary N) is 1. The van der Waals surface area contributed by atoms with E-state index in [2.05, 4.69) is 9.80 Å². The van der Waals surface area contributed by atoms with Gasteiger partial charge in [-0.1, -0.05) is 0 Å². The van der Waals surface area contributed by atoms with Gasteiger partial charge in [0.1, 0.15) is 0 Å². The lowest BCUT2D eigenvalue weighted by Gasteiger charge is -2.24. The van der Waals surface area contributed by atoms with E-state index >= 15 is 0 Å². The van der Waals surface area contributed by atoms with Gasteiger partial charge in [-0.25, -0.2) is 4.79 Å². The van der Waals surface area contributed by atoms with Crippen molar-refractivity contribution in [3.63, 3.8) is 0 Å². The molecule has 1 aromatic rings. The highest BCUT2D eigenvalue weighted by Crippen LogP contribution is 2.27. The quantitative estimate of drug-likeness (QED) is 0.821. The molecule has 20 heavy (non-hydrogen) atoms. The van der Waals surface area contributed by atoms with Crippen LogP contribution in [-0.4, -0.2) is 48.2 Å². The highest BCUT2D eigenvalue weighted by Gasteiger charge is 2.29. The molecule has 3 rings (SSSR count). The molecule has 2 fully saturated rings. The summed E-state index contributed by atoms with van der Waals surface area (Å²) in [6.45, 7) is 4.40. The number of aromatic carboxylic acids is 1. The third-order valence-electron chi connectivity index (χ3n) is 4.45. The van der Waals surface area contributed by atoms with E-state index in [1.165, 1.54) is 25.9 Å². The van der Waals surface area contributed by atoms with Gasteiger partial charge in [-0.2, -0.15) is 0 Å². The number of benzene rings is 1. The Hall–Kier alpha value is -1.75. The van der Waals surface area contributed by atoms with E-state index in [4.69, 9.17) is 10.8 Å². The first-order chi connectivity index (χ1) is 9.65. The number of hydrogen-bond acceptors (Lipinski definition) is 4. The van der Waals surface area contributed by atoms with Crippen molar-refractivity contribution in [1.82, 2.24) is 4.90 Å². The maximum absolute atomic E-state index is 11.2. The standard InChI is InChI=1S/C15H21N3O2/c16-14-4-3-11(9-13(14)15(19)20)18-8-5-12(10-18)17-6-1-2-7-17/h3-4,9,12H,1-2,5-8,10,16H2,(H,19,20). The van der Waals surface area contributed by atoms with Crippen molar-refractivity contribution >= 4 is 17.3 Å². The minimum absolute atomic E-state index is 0.201. The van der Waals surface area contributed by atoms with Gasteiger partial charge in [0.05, 0.1) is 5.56 Å². The van der Waals surface area contributed by atoms with Crippen molar-refractivity contribution in [3.05, 3.63) is 23.8 Å². The van der Waals surface area contributed by atoms with Crippen LogP contribution in [0.25, 0.3) is 0 Å². The number of nitrogens with zero attached hydrogens (tertiary/aromatic N) is 2. The van der Waals surface area contributed by atoms with Gasteiger partial charge < -0.3 is 15.7 Å². The van der Waals surface area contributed by atoms with E-state index < -0.39 is 5.97 Å². The fourth-order valence-electron chi connectivity index (χ4n) is 3.31. The van der Waals surface area contributed by atoms with Gasteiger partial charge in [-0.15, -0.1) is 0 Å². The molecule has 2 aliphatic rings. The molecule has 0 radical (unpaired) electrons. The number of likely N-dealkylation sites (tertiary alicyclic amines) is 1. The Morgan fingerprint density at radius 2 is 2.00 bits per heavy atom. The molecule has 1 atom stereocenters. The summed E-state index contributed by atoms with van der Waals surface area (Å²) in [6.07, 6.45) is 3.77. The summed E-state index contributed by atoms with van der Waals surface area (Å²) in [4.78, 5) is 16.0. The minimum Gasteiger partial charge on any atom is -0.478 e. The summed E-state index contributed by atoms with van der Waals surface area (Å²) in [7, 11) is 0. The van der Waals surface area contributed by atoms with Gasteiger partial charge >= 0.3 is 5.97 Å². The topological polar surface area (TPSA) is 69.8 Å². The lowest BCUT2D eigenvalue weighted by atomic mass is 10.1. The zero-order chi connectivity index (χ0) is 14.1. The Labute approximate surface area is 119 Å². The van der Waals surface area contributed by atoms with Crippen LogP contribution in [0.3, 0.4) is 0 Å². The molecular weight excluding hydrogens is 254 g/mol. The van der Waals surface area contributed by atoms with E-state index in [0.29, 0.717) is 11.7 Å². The van der Waals surface area contributed by atoms with Gasteiger partial charge in [0.25, 0.3) is 0 Å². The molecule has 0 spiro atoms. The largest absolute Gasteiger partial charge is 0.478 e. The third kappa shape index (κ3) is 2.45. The minimum atomic E-state index is -0.959. The zero-order valence-electron chi connectivity index (χ0n) is 11.6. The number of hydrogen-bond donors (Lipinski definition) is 2. The maximum Gasteiger partial charge on any atom is 0.337 e. The number of rotatable bonds is 3. The monoisotopic (exact) mass is 275 g/mol. The molecule has 5 nitrogen and oxygen atoms in total. The second-order valence-corrected chi connectivity index (χ2v) is 5.71. The average molecular weight is 275 g/mol. The van der Waals surface area contributed by atoms with Crippen LogP contribution in [0, 0.1) is 0 Å². The summed E-state index contributed by atoms with van der Waals surface area (Å²) in [5.74, 6) is -0.959. The zero-order valence-corrected chi connectivity index (χ0v) is 11.6. The van der Waals surface area contributed by atoms with Crippen LogP contribution in [0.1, 0.15) is 29.6 Å². The second kappa shape index (κ2) is 5.32. The predicted octanol–water partition coefficient (Wildman–Crippen LogP) is 1.64. The Morgan fingerprint density at radius 1 is 1.25 bits per heavy atom. The fraction of sp³-hybridized carbons (Fsp3) is 0.533. The van der Waals surface area contributed by atoms with E-state index in [-0.39, 0.29) is 5.56 Å². The smallest absolute Gasteiger partial charge is 0.337 e. The SMILES string of the molecule is Nc1ccc(N2CCC(N3CCCC3)C2)cc1C(=O)O. The summed E-state index contributed by atoms with van der Waals surface area (Å²) in [6, 6.07) is 5.93. The summed E-state index contributed by atoms with van der Waals surface area (Å²) in [5, 5.41) is 9.15. The Kier molecular flexibility index (Phi) is 3.53. The Bertz CT molecular complexity index is 512. The summed E-state index contributed by atoms with van der Waals surface area (Å²) < 4.78 is 0. The van der Waals surface area contributed by atoms with Crippen LogP contribution in [0.4, 0.5) is 11.4 Å². The molecule has 5 heteroatoms. The number of anilines is 2. The number of carboxylic acids is 1. The average Bonchev–Trinajstić information content (AvgIpc) is 3.09. The van der Waals surface area contributed by atoms with Crippen molar-refractivity contribution in [3.8, 4) is 0 Å². The summed E-state index contributed by atoms with van der Waals surface area (Å²) in [5.41, 5.74) is 7.21. The molecule has 3 N–H and O–H groups in total. The van der Waals surface area contributed by atoms with Gasteiger partial charge in [0, 0.05) is 30.5 Å². The molecule has 108 valence electrons. The first-order valence-electron chi connectivity index (χ1n) is 7.27. The molecule has 1 aromatic carbocycles. The van der Waals surface area contributed by atoms with Crippen LogP contribution < -0.4 is 10.6 Å². The first-order valence-corrected chi connectivity index (χ1v) is 7.27. The molecular formula is C15H21N3O2. The second-order valence-electron chi connectivity index (χ2n) is 5.71. The van der Waals surface area contributed by atoms with Gasteiger partial charge in [0.2, 0.25) is 0 Å². The molecule has 0 aromatic heterocycles. The van der Waals surface area contributed by atoms with Crippen LogP contribution in [0.5, 0.6) is 0 Å². The highest BCUT2D eigenvalue weighted by atomic mass is 16.4. The lowest BCUT2D eigenvalue weighted by molar-refractivity contribution is 0.0698. The normalized spacial score (nSPS) is 23.4. The molecule has 2 saturated heterocycles. The maximum atomic E-state index is 11.2. The number of carbonyl (C=O) groups is 1. The van der Waals surface area contributed by atoms with Gasteiger partial charge in [0.15, 0.2) is 0 Å².